The molecule has 0 aliphatic carbocycles. The molecule has 7 heteroatoms. The highest BCUT2D eigenvalue weighted by atomic mass is 35.5. The quantitative estimate of drug-likeness (QED) is 0.766. The third kappa shape index (κ3) is 5.60. The normalized spacial score (nSPS) is 22.5. The number of ether oxygens (including phenoxy) is 1. The number of amides is 1. The van der Waals surface area contributed by atoms with Crippen molar-refractivity contribution in [3.63, 3.8) is 0 Å². The van der Waals surface area contributed by atoms with E-state index in [1.54, 1.807) is 6.20 Å². The minimum Gasteiger partial charge on any atom is -0.487 e. The zero-order valence-corrected chi connectivity index (χ0v) is 17.5. The van der Waals surface area contributed by atoms with Crippen LogP contribution in [0.2, 0.25) is 0 Å². The molecular weight excluding hydrogens is 397 g/mol. The van der Waals surface area contributed by atoms with Crippen molar-refractivity contribution in [1.82, 2.24) is 15.6 Å². The van der Waals surface area contributed by atoms with Crippen LogP contribution in [0.25, 0.3) is 0 Å². The van der Waals surface area contributed by atoms with E-state index in [-0.39, 0.29) is 36.8 Å². The number of nitrogens with zero attached hydrogens (tertiary/aromatic N) is 1. The van der Waals surface area contributed by atoms with Crippen LogP contribution in [-0.2, 0) is 6.61 Å². The van der Waals surface area contributed by atoms with Crippen molar-refractivity contribution in [2.45, 2.75) is 57.3 Å². The molecule has 2 fully saturated rings. The number of carbonyl (C=O) groups is 1. The summed E-state index contributed by atoms with van der Waals surface area (Å²) < 4.78 is 5.77. The van der Waals surface area contributed by atoms with Gasteiger partial charge in [-0.2, -0.15) is 0 Å². The summed E-state index contributed by atoms with van der Waals surface area (Å²) in [6, 6.07) is 12.9. The fourth-order valence-electron chi connectivity index (χ4n) is 3.95. The molecule has 0 saturated carbocycles. The Bertz CT molecular complexity index is 773. The van der Waals surface area contributed by atoms with Crippen LogP contribution in [0.5, 0.6) is 5.75 Å². The summed E-state index contributed by atoms with van der Waals surface area (Å²) in [5, 5.41) is 6.82. The summed E-state index contributed by atoms with van der Waals surface area (Å²) in [5.41, 5.74) is 2.63. The predicted molar refractivity (Wildman–Crippen MR) is 115 cm³/mol. The van der Waals surface area contributed by atoms with Crippen LogP contribution in [0, 0.1) is 6.92 Å². The molecule has 28 heavy (non-hydrogen) atoms. The largest absolute Gasteiger partial charge is 0.487 e. The van der Waals surface area contributed by atoms with Gasteiger partial charge in [0.15, 0.2) is 0 Å². The van der Waals surface area contributed by atoms with Crippen LogP contribution in [0.4, 0.5) is 0 Å². The molecule has 2 aliphatic heterocycles. The van der Waals surface area contributed by atoms with E-state index in [2.05, 4.69) is 15.6 Å². The summed E-state index contributed by atoms with van der Waals surface area (Å²) in [6.45, 7) is 2.36. The number of aryl methyl sites for hydroxylation is 1. The van der Waals surface area contributed by atoms with Gasteiger partial charge in [0.25, 0.3) is 5.91 Å². The second-order valence-corrected chi connectivity index (χ2v) is 7.40. The van der Waals surface area contributed by atoms with E-state index in [0.29, 0.717) is 24.3 Å². The lowest BCUT2D eigenvalue weighted by Gasteiger charge is -2.29. The number of hydrogen-bond donors (Lipinski definition) is 2. The lowest BCUT2D eigenvalue weighted by Crippen LogP contribution is -2.48. The van der Waals surface area contributed by atoms with Crippen molar-refractivity contribution in [1.29, 1.82) is 0 Å². The first-order chi connectivity index (χ1) is 12.7. The molecule has 0 spiro atoms. The van der Waals surface area contributed by atoms with E-state index in [4.69, 9.17) is 4.74 Å². The van der Waals surface area contributed by atoms with Crippen molar-refractivity contribution in [3.05, 3.63) is 59.4 Å². The third-order valence-electron chi connectivity index (χ3n) is 5.29. The fraction of sp³-hybridized carbons (Fsp3) is 0.429. The molecule has 2 N–H and O–H groups in total. The first-order valence-corrected chi connectivity index (χ1v) is 9.37. The Morgan fingerprint density at radius 2 is 1.93 bits per heavy atom. The van der Waals surface area contributed by atoms with Crippen molar-refractivity contribution >= 4 is 30.7 Å². The van der Waals surface area contributed by atoms with Crippen molar-refractivity contribution in [2.24, 2.45) is 0 Å². The summed E-state index contributed by atoms with van der Waals surface area (Å²) >= 11 is 0. The van der Waals surface area contributed by atoms with E-state index >= 15 is 0 Å². The topological polar surface area (TPSA) is 63.2 Å². The first-order valence-electron chi connectivity index (χ1n) is 9.37. The predicted octanol–water partition coefficient (Wildman–Crippen LogP) is 3.83. The Hall–Kier alpha value is -1.82. The first kappa shape index (κ1) is 22.5. The van der Waals surface area contributed by atoms with Gasteiger partial charge in [-0.1, -0.05) is 12.1 Å². The lowest BCUT2D eigenvalue weighted by atomic mass is 9.99. The van der Waals surface area contributed by atoms with E-state index in [0.717, 1.165) is 29.8 Å². The second-order valence-electron chi connectivity index (χ2n) is 7.40. The zero-order valence-electron chi connectivity index (χ0n) is 15.9. The van der Waals surface area contributed by atoms with Gasteiger partial charge in [-0.05, 0) is 62.4 Å². The maximum absolute atomic E-state index is 12.6. The van der Waals surface area contributed by atoms with E-state index in [9.17, 15) is 4.79 Å². The van der Waals surface area contributed by atoms with Crippen LogP contribution in [0.15, 0.2) is 42.6 Å². The number of halogens is 2. The average Bonchev–Trinajstić information content (AvgIpc) is 3.00. The molecule has 2 bridgehead atoms. The number of hydrogen-bond acceptors (Lipinski definition) is 4. The van der Waals surface area contributed by atoms with Crippen LogP contribution < -0.4 is 15.4 Å². The molecule has 2 unspecified atom stereocenters. The molecule has 2 saturated heterocycles. The Morgan fingerprint density at radius 1 is 1.18 bits per heavy atom. The molecular formula is C21H27Cl2N3O2. The molecule has 3 heterocycles. The monoisotopic (exact) mass is 423 g/mol. The Kier molecular flexibility index (Phi) is 8.10. The van der Waals surface area contributed by atoms with Gasteiger partial charge in [0.1, 0.15) is 12.4 Å². The number of nitrogens with one attached hydrogen (secondary N) is 2. The van der Waals surface area contributed by atoms with Gasteiger partial charge in [-0.15, -0.1) is 24.8 Å². The number of pyridine rings is 1. The van der Waals surface area contributed by atoms with Crippen molar-refractivity contribution < 1.29 is 9.53 Å². The fourth-order valence-corrected chi connectivity index (χ4v) is 3.95. The summed E-state index contributed by atoms with van der Waals surface area (Å²) in [5.74, 6) is 0.741. The van der Waals surface area contributed by atoms with Gasteiger partial charge in [-0.3, -0.25) is 9.78 Å². The summed E-state index contributed by atoms with van der Waals surface area (Å²) in [7, 11) is 0. The van der Waals surface area contributed by atoms with Gasteiger partial charge in [0, 0.05) is 29.4 Å². The number of piperidine rings is 1. The van der Waals surface area contributed by atoms with Gasteiger partial charge in [0.2, 0.25) is 0 Å². The maximum atomic E-state index is 12.6. The Balaban J connectivity index is 0.00000140. The molecule has 0 radical (unpaired) electrons. The molecule has 1 aromatic carbocycles. The Labute approximate surface area is 178 Å². The number of carbonyl (C=O) groups excluding carboxylic acids is 1. The molecule has 2 aliphatic rings. The van der Waals surface area contributed by atoms with Crippen LogP contribution in [0.3, 0.4) is 0 Å². The third-order valence-corrected chi connectivity index (χ3v) is 5.29. The van der Waals surface area contributed by atoms with Gasteiger partial charge >= 0.3 is 0 Å². The smallest absolute Gasteiger partial charge is 0.251 e. The van der Waals surface area contributed by atoms with Crippen molar-refractivity contribution in [2.75, 3.05) is 0 Å². The number of aromatic nitrogens is 1. The summed E-state index contributed by atoms with van der Waals surface area (Å²) in [4.78, 5) is 16.9. The summed E-state index contributed by atoms with van der Waals surface area (Å²) in [6.07, 6.45) is 6.25. The van der Waals surface area contributed by atoms with Gasteiger partial charge < -0.3 is 15.4 Å². The Morgan fingerprint density at radius 3 is 2.61 bits per heavy atom. The second kappa shape index (κ2) is 10.1. The molecule has 1 aromatic heterocycles. The highest BCUT2D eigenvalue weighted by Gasteiger charge is 2.34. The molecule has 152 valence electrons. The number of rotatable bonds is 5. The number of fused-ring (bicyclic) bond motifs is 2. The van der Waals surface area contributed by atoms with Crippen molar-refractivity contribution in [3.8, 4) is 5.75 Å². The highest BCUT2D eigenvalue weighted by Crippen LogP contribution is 2.27. The minimum atomic E-state index is 0. The zero-order chi connectivity index (χ0) is 17.9. The van der Waals surface area contributed by atoms with Gasteiger partial charge in [0.05, 0.1) is 6.20 Å². The van der Waals surface area contributed by atoms with Crippen LogP contribution in [0.1, 0.15) is 47.3 Å². The average molecular weight is 424 g/mol. The standard InChI is InChI=1S/C21H25N3O2.2ClH/c1-14-5-8-20(12-22-14)26-13-15-3-2-4-16(9-15)21(25)24-19-10-17-6-7-18(11-19)23-17;;/h2-5,8-9,12,17-19,23H,6-7,10-11,13H2,1H3,(H,24,25);2*1H. The molecule has 1 amide bonds. The molecule has 2 aromatic rings. The van der Waals surface area contributed by atoms with E-state index in [1.807, 2.05) is 43.3 Å². The van der Waals surface area contributed by atoms with E-state index in [1.165, 1.54) is 12.8 Å². The highest BCUT2D eigenvalue weighted by molar-refractivity contribution is 5.94. The van der Waals surface area contributed by atoms with E-state index < -0.39 is 0 Å². The molecule has 2 atom stereocenters. The van der Waals surface area contributed by atoms with Gasteiger partial charge in [-0.25, -0.2) is 0 Å². The van der Waals surface area contributed by atoms with Crippen LogP contribution >= 0.6 is 24.8 Å². The number of benzene rings is 1. The SMILES string of the molecule is Cc1ccc(OCc2cccc(C(=O)NC3CC4CCC(C3)N4)c2)cn1.Cl.Cl. The molecule has 5 nitrogen and oxygen atoms in total. The minimum absolute atomic E-state index is 0. The molecule has 4 rings (SSSR count). The lowest BCUT2D eigenvalue weighted by molar-refractivity contribution is 0.0924. The van der Waals surface area contributed by atoms with Crippen LogP contribution in [-0.4, -0.2) is 29.0 Å². The maximum Gasteiger partial charge on any atom is 0.251 e.